The van der Waals surface area contributed by atoms with Crippen molar-refractivity contribution in [2.75, 3.05) is 19.9 Å². The number of fused-ring (bicyclic) bond motifs is 1. The van der Waals surface area contributed by atoms with Gasteiger partial charge in [0.15, 0.2) is 6.79 Å². The van der Waals surface area contributed by atoms with Gasteiger partial charge >= 0.3 is 0 Å². The molecule has 0 saturated heterocycles. The Labute approximate surface area is 157 Å². The summed E-state index contributed by atoms with van der Waals surface area (Å²) in [7, 11) is -3.71. The molecule has 1 aromatic heterocycles. The van der Waals surface area contributed by atoms with Crippen molar-refractivity contribution in [1.29, 1.82) is 0 Å². The fraction of sp³-hybridized carbons (Fsp3) is 0.389. The molecule has 2 aromatic rings. The highest BCUT2D eigenvalue weighted by Crippen LogP contribution is 2.30. The van der Waals surface area contributed by atoms with Crippen LogP contribution in [0, 0.1) is 5.82 Å². The number of halogens is 1. The van der Waals surface area contributed by atoms with E-state index in [-0.39, 0.29) is 24.8 Å². The molecule has 3 rings (SSSR count). The summed E-state index contributed by atoms with van der Waals surface area (Å²) in [5, 5.41) is 0. The first-order valence-corrected chi connectivity index (χ1v) is 10.0. The number of sulfonamides is 1. The zero-order valence-electron chi connectivity index (χ0n) is 15.1. The van der Waals surface area contributed by atoms with E-state index in [0.717, 1.165) is 0 Å². The van der Waals surface area contributed by atoms with E-state index >= 15 is 0 Å². The SMILES string of the molecule is CCN(CC)S(=O)(=O)c1ccc(=O)n(Cc2cc(F)cc3c2OCOC3)c1. The van der Waals surface area contributed by atoms with Gasteiger partial charge in [-0.15, -0.1) is 0 Å². The van der Waals surface area contributed by atoms with Gasteiger partial charge in [0.25, 0.3) is 5.56 Å². The van der Waals surface area contributed by atoms with Gasteiger partial charge in [0, 0.05) is 36.5 Å². The van der Waals surface area contributed by atoms with Crippen molar-refractivity contribution in [3.8, 4) is 5.75 Å². The minimum atomic E-state index is -3.71. The van der Waals surface area contributed by atoms with Crippen molar-refractivity contribution in [3.63, 3.8) is 0 Å². The number of benzene rings is 1. The van der Waals surface area contributed by atoms with Crippen molar-refractivity contribution in [3.05, 3.63) is 57.8 Å². The third kappa shape index (κ3) is 3.90. The number of nitrogens with zero attached hydrogens (tertiary/aromatic N) is 2. The maximum absolute atomic E-state index is 13.9. The highest BCUT2D eigenvalue weighted by molar-refractivity contribution is 7.89. The summed E-state index contributed by atoms with van der Waals surface area (Å²) in [6.45, 7) is 4.38. The molecule has 0 fully saturated rings. The molecule has 0 unspecified atom stereocenters. The first-order chi connectivity index (χ1) is 12.9. The predicted octanol–water partition coefficient (Wildman–Crippen LogP) is 1.93. The molecule has 7 nitrogen and oxygen atoms in total. The van der Waals surface area contributed by atoms with Crippen LogP contribution in [0.5, 0.6) is 5.75 Å². The lowest BCUT2D eigenvalue weighted by molar-refractivity contribution is -0.0173. The van der Waals surface area contributed by atoms with E-state index in [2.05, 4.69) is 0 Å². The van der Waals surface area contributed by atoms with Crippen LogP contribution in [-0.4, -0.2) is 37.2 Å². The molecule has 27 heavy (non-hydrogen) atoms. The summed E-state index contributed by atoms with van der Waals surface area (Å²) in [6.07, 6.45) is 1.28. The molecule has 1 aliphatic heterocycles. The second-order valence-electron chi connectivity index (χ2n) is 6.08. The van der Waals surface area contributed by atoms with Crippen LogP contribution in [0.4, 0.5) is 4.39 Å². The summed E-state index contributed by atoms with van der Waals surface area (Å²) in [6, 6.07) is 5.09. The van der Waals surface area contributed by atoms with Crippen molar-refractivity contribution in [2.45, 2.75) is 31.9 Å². The highest BCUT2D eigenvalue weighted by atomic mass is 32.2. The second kappa shape index (κ2) is 7.79. The fourth-order valence-electron chi connectivity index (χ4n) is 3.06. The van der Waals surface area contributed by atoms with Crippen molar-refractivity contribution >= 4 is 10.0 Å². The van der Waals surface area contributed by atoms with Gasteiger partial charge in [0.1, 0.15) is 11.6 Å². The zero-order chi connectivity index (χ0) is 19.6. The lowest BCUT2D eigenvalue weighted by Crippen LogP contribution is -2.32. The molecule has 0 atom stereocenters. The number of pyridine rings is 1. The number of hydrogen-bond donors (Lipinski definition) is 0. The standard InChI is InChI=1S/C18H21FN2O5S/c1-3-21(4-2)27(23,24)16-5-6-17(22)20(10-16)9-13-7-15(19)8-14-11-25-12-26-18(13)14/h5-8,10H,3-4,9,11-12H2,1-2H3. The van der Waals surface area contributed by atoms with Crippen LogP contribution in [0.3, 0.4) is 0 Å². The molecule has 0 N–H and O–H groups in total. The second-order valence-corrected chi connectivity index (χ2v) is 8.02. The first-order valence-electron chi connectivity index (χ1n) is 8.59. The molecular weight excluding hydrogens is 375 g/mol. The molecule has 0 amide bonds. The Balaban J connectivity index is 2.02. The molecule has 146 valence electrons. The molecule has 0 spiro atoms. The summed E-state index contributed by atoms with van der Waals surface area (Å²) in [5.41, 5.74) is 0.613. The Kier molecular flexibility index (Phi) is 5.64. The lowest BCUT2D eigenvalue weighted by atomic mass is 10.1. The molecular formula is C18H21FN2O5S. The van der Waals surface area contributed by atoms with Crippen LogP contribution in [0.2, 0.25) is 0 Å². The lowest BCUT2D eigenvalue weighted by Gasteiger charge is -2.22. The van der Waals surface area contributed by atoms with E-state index in [1.54, 1.807) is 13.8 Å². The Bertz CT molecular complexity index is 999. The normalized spacial score (nSPS) is 14.1. The van der Waals surface area contributed by atoms with Crippen LogP contribution in [0.25, 0.3) is 0 Å². The fourth-order valence-corrected chi connectivity index (χ4v) is 4.53. The Morgan fingerprint density at radius 1 is 1.22 bits per heavy atom. The number of rotatable bonds is 6. The number of hydrogen-bond acceptors (Lipinski definition) is 5. The molecule has 1 aliphatic rings. The van der Waals surface area contributed by atoms with Crippen molar-refractivity contribution in [2.24, 2.45) is 0 Å². The van der Waals surface area contributed by atoms with Gasteiger partial charge in [-0.2, -0.15) is 4.31 Å². The third-order valence-electron chi connectivity index (χ3n) is 4.39. The Morgan fingerprint density at radius 3 is 2.67 bits per heavy atom. The number of aromatic nitrogens is 1. The van der Waals surface area contributed by atoms with Gasteiger partial charge in [-0.1, -0.05) is 13.8 Å². The van der Waals surface area contributed by atoms with E-state index in [0.29, 0.717) is 30.0 Å². The molecule has 0 saturated carbocycles. The van der Waals surface area contributed by atoms with E-state index < -0.39 is 21.4 Å². The molecule has 1 aromatic carbocycles. The van der Waals surface area contributed by atoms with E-state index in [9.17, 15) is 17.6 Å². The minimum absolute atomic E-state index is 0.0134. The van der Waals surface area contributed by atoms with Crippen molar-refractivity contribution < 1.29 is 22.3 Å². The highest BCUT2D eigenvalue weighted by Gasteiger charge is 2.23. The smallest absolute Gasteiger partial charge is 0.250 e. The monoisotopic (exact) mass is 396 g/mol. The van der Waals surface area contributed by atoms with Crippen LogP contribution in [-0.2, 0) is 27.9 Å². The maximum Gasteiger partial charge on any atom is 0.250 e. The van der Waals surface area contributed by atoms with Gasteiger partial charge in [-0.3, -0.25) is 4.79 Å². The summed E-state index contributed by atoms with van der Waals surface area (Å²) < 4.78 is 52.5. The van der Waals surface area contributed by atoms with Gasteiger partial charge in [0.2, 0.25) is 10.0 Å². The third-order valence-corrected chi connectivity index (χ3v) is 6.43. The summed E-state index contributed by atoms with van der Waals surface area (Å²) >= 11 is 0. The number of ether oxygens (including phenoxy) is 2. The van der Waals surface area contributed by atoms with E-state index in [1.807, 2.05) is 0 Å². The van der Waals surface area contributed by atoms with Gasteiger partial charge in [-0.25, -0.2) is 12.8 Å². The average molecular weight is 396 g/mol. The van der Waals surface area contributed by atoms with Gasteiger partial charge in [0.05, 0.1) is 18.0 Å². The van der Waals surface area contributed by atoms with E-state index in [4.69, 9.17) is 9.47 Å². The molecule has 2 heterocycles. The van der Waals surface area contributed by atoms with E-state index in [1.165, 1.54) is 39.3 Å². The largest absolute Gasteiger partial charge is 0.467 e. The van der Waals surface area contributed by atoms with Gasteiger partial charge in [-0.05, 0) is 18.2 Å². The van der Waals surface area contributed by atoms with Crippen LogP contribution in [0.15, 0.2) is 40.2 Å². The topological polar surface area (TPSA) is 77.8 Å². The van der Waals surface area contributed by atoms with Crippen LogP contribution < -0.4 is 10.3 Å². The van der Waals surface area contributed by atoms with Crippen LogP contribution >= 0.6 is 0 Å². The first kappa shape index (κ1) is 19.5. The Hall–Kier alpha value is -2.23. The predicted molar refractivity (Wildman–Crippen MR) is 96.6 cm³/mol. The molecule has 0 aliphatic carbocycles. The molecule has 0 radical (unpaired) electrons. The van der Waals surface area contributed by atoms with Gasteiger partial charge < -0.3 is 14.0 Å². The summed E-state index contributed by atoms with van der Waals surface area (Å²) in [5.74, 6) is -0.00984. The molecule has 9 heteroatoms. The zero-order valence-corrected chi connectivity index (χ0v) is 16.0. The minimum Gasteiger partial charge on any atom is -0.467 e. The quantitative estimate of drug-likeness (QED) is 0.746. The van der Waals surface area contributed by atoms with Crippen molar-refractivity contribution in [1.82, 2.24) is 8.87 Å². The Morgan fingerprint density at radius 2 is 1.96 bits per heavy atom. The average Bonchev–Trinajstić information content (AvgIpc) is 2.64. The molecule has 0 bridgehead atoms. The summed E-state index contributed by atoms with van der Waals surface area (Å²) in [4.78, 5) is 12.3. The maximum atomic E-state index is 13.9. The van der Waals surface area contributed by atoms with Crippen LogP contribution in [0.1, 0.15) is 25.0 Å².